The molecule has 1 aromatic heterocycles. The van der Waals surface area contributed by atoms with Gasteiger partial charge in [-0.1, -0.05) is 0 Å². The molecule has 1 saturated heterocycles. The zero-order valence-electron chi connectivity index (χ0n) is 14.0. The maximum atomic E-state index is 13.8. The Labute approximate surface area is 145 Å². The number of hydrogen-bond donors (Lipinski definition) is 2. The van der Waals surface area contributed by atoms with E-state index < -0.39 is 17.7 Å². The van der Waals surface area contributed by atoms with Crippen molar-refractivity contribution < 1.29 is 19.0 Å². The van der Waals surface area contributed by atoms with Crippen LogP contribution >= 0.6 is 0 Å². The summed E-state index contributed by atoms with van der Waals surface area (Å²) >= 11 is 0. The maximum Gasteiger partial charge on any atom is 0.129 e. The molecule has 0 amide bonds. The molecular formula is C18H23F2N3O2. The Kier molecular flexibility index (Phi) is 5.78. The molecule has 2 aromatic rings. The van der Waals surface area contributed by atoms with E-state index >= 15 is 0 Å². The van der Waals surface area contributed by atoms with Crippen LogP contribution in [0.15, 0.2) is 30.5 Å². The summed E-state index contributed by atoms with van der Waals surface area (Å²) in [6, 6.07) is 5.13. The predicted octanol–water partition coefficient (Wildman–Crippen LogP) is 2.07. The molecule has 1 aliphatic rings. The average Bonchev–Trinajstić information content (AvgIpc) is 3.06. The molecular weight excluding hydrogens is 328 g/mol. The van der Waals surface area contributed by atoms with Gasteiger partial charge in [0.05, 0.1) is 19.3 Å². The smallest absolute Gasteiger partial charge is 0.129 e. The van der Waals surface area contributed by atoms with Gasteiger partial charge in [0.25, 0.3) is 0 Å². The van der Waals surface area contributed by atoms with Gasteiger partial charge in [-0.3, -0.25) is 4.68 Å². The second kappa shape index (κ2) is 8.03. The van der Waals surface area contributed by atoms with Gasteiger partial charge in [0.1, 0.15) is 11.6 Å². The molecule has 1 aliphatic heterocycles. The van der Waals surface area contributed by atoms with E-state index in [0.717, 1.165) is 49.8 Å². The Morgan fingerprint density at radius 2 is 1.96 bits per heavy atom. The summed E-state index contributed by atoms with van der Waals surface area (Å²) in [5.41, 5.74) is 1.12. The Morgan fingerprint density at radius 1 is 1.20 bits per heavy atom. The van der Waals surface area contributed by atoms with Crippen LogP contribution in [-0.4, -0.2) is 51.1 Å². The van der Waals surface area contributed by atoms with Crippen LogP contribution < -0.4 is 0 Å². The Hall–Kier alpha value is -1.83. The van der Waals surface area contributed by atoms with Gasteiger partial charge >= 0.3 is 0 Å². The third-order valence-corrected chi connectivity index (χ3v) is 4.82. The van der Waals surface area contributed by atoms with Gasteiger partial charge in [0.2, 0.25) is 0 Å². The largest absolute Gasteiger partial charge is 0.394 e. The van der Waals surface area contributed by atoms with Crippen LogP contribution in [0.25, 0.3) is 0 Å². The lowest BCUT2D eigenvalue weighted by atomic mass is 9.93. The minimum Gasteiger partial charge on any atom is -0.394 e. The monoisotopic (exact) mass is 351 g/mol. The molecule has 1 unspecified atom stereocenters. The number of likely N-dealkylation sites (tertiary alicyclic amines) is 1. The number of β-amino-alcohol motifs (C(OH)–C–C–N with tert-alkyl or cyclic N) is 1. The van der Waals surface area contributed by atoms with Gasteiger partial charge in [0.15, 0.2) is 0 Å². The van der Waals surface area contributed by atoms with E-state index in [0.29, 0.717) is 12.5 Å². The number of nitrogens with zero attached hydrogens (tertiary/aromatic N) is 3. The Bertz CT molecular complexity index is 699. The van der Waals surface area contributed by atoms with E-state index in [-0.39, 0.29) is 18.7 Å². The van der Waals surface area contributed by atoms with Crippen molar-refractivity contribution in [3.8, 4) is 0 Å². The maximum absolute atomic E-state index is 13.8. The summed E-state index contributed by atoms with van der Waals surface area (Å²) < 4.78 is 28.9. The quantitative estimate of drug-likeness (QED) is 0.836. The number of hydrogen-bond acceptors (Lipinski definition) is 4. The van der Waals surface area contributed by atoms with Gasteiger partial charge in [-0.2, -0.15) is 5.10 Å². The summed E-state index contributed by atoms with van der Waals surface area (Å²) in [6.45, 7) is 2.36. The molecule has 0 radical (unpaired) electrons. The summed E-state index contributed by atoms with van der Waals surface area (Å²) in [4.78, 5) is 2.07. The molecule has 1 atom stereocenters. The highest BCUT2D eigenvalue weighted by Crippen LogP contribution is 2.29. The molecule has 136 valence electrons. The van der Waals surface area contributed by atoms with E-state index in [1.54, 1.807) is 6.20 Å². The molecule has 2 heterocycles. The molecule has 1 aromatic carbocycles. The summed E-state index contributed by atoms with van der Waals surface area (Å²) in [5.74, 6) is -0.781. The van der Waals surface area contributed by atoms with Crippen molar-refractivity contribution in [1.82, 2.24) is 14.7 Å². The van der Waals surface area contributed by atoms with E-state index in [2.05, 4.69) is 10.00 Å². The van der Waals surface area contributed by atoms with E-state index in [9.17, 15) is 13.9 Å². The molecule has 3 rings (SSSR count). The standard InChI is InChI=1S/C18H23F2N3O2/c19-14-1-2-16(20)15(11-14)18(25)12-22-7-4-13(5-8-22)17-3-6-21-23(17)9-10-24/h1-3,6,11,13,18,24-25H,4-5,7-10,12H2. The van der Waals surface area contributed by atoms with Crippen molar-refractivity contribution in [1.29, 1.82) is 0 Å². The molecule has 2 N–H and O–H groups in total. The minimum atomic E-state index is -1.05. The Morgan fingerprint density at radius 3 is 2.68 bits per heavy atom. The Balaban J connectivity index is 1.57. The summed E-state index contributed by atoms with van der Waals surface area (Å²) in [6.07, 6.45) is 2.49. The molecule has 0 aliphatic carbocycles. The van der Waals surface area contributed by atoms with Gasteiger partial charge in [-0.05, 0) is 50.2 Å². The van der Waals surface area contributed by atoms with Crippen LogP contribution in [0.3, 0.4) is 0 Å². The summed E-state index contributed by atoms with van der Waals surface area (Å²) in [5, 5.41) is 23.6. The van der Waals surface area contributed by atoms with Crippen LogP contribution in [0.1, 0.15) is 36.1 Å². The fraction of sp³-hybridized carbons (Fsp3) is 0.500. The van der Waals surface area contributed by atoms with Crippen LogP contribution in [0.2, 0.25) is 0 Å². The molecule has 25 heavy (non-hydrogen) atoms. The lowest BCUT2D eigenvalue weighted by molar-refractivity contribution is 0.0936. The van der Waals surface area contributed by atoms with Crippen LogP contribution in [-0.2, 0) is 6.54 Å². The lowest BCUT2D eigenvalue weighted by Crippen LogP contribution is -2.36. The van der Waals surface area contributed by atoms with Crippen LogP contribution in [0.5, 0.6) is 0 Å². The lowest BCUT2D eigenvalue weighted by Gasteiger charge is -2.33. The zero-order valence-corrected chi connectivity index (χ0v) is 14.0. The number of rotatable bonds is 6. The first-order chi connectivity index (χ1) is 12.1. The first-order valence-corrected chi connectivity index (χ1v) is 8.56. The van der Waals surface area contributed by atoms with Crippen molar-refractivity contribution in [2.24, 2.45) is 0 Å². The first kappa shape index (κ1) is 18.0. The van der Waals surface area contributed by atoms with Crippen molar-refractivity contribution in [3.63, 3.8) is 0 Å². The molecule has 1 fully saturated rings. The second-order valence-electron chi connectivity index (χ2n) is 6.46. The molecule has 7 heteroatoms. The minimum absolute atomic E-state index is 0.00291. The van der Waals surface area contributed by atoms with Crippen molar-refractivity contribution >= 4 is 0 Å². The van der Waals surface area contributed by atoms with E-state index in [4.69, 9.17) is 5.11 Å². The highest BCUT2D eigenvalue weighted by atomic mass is 19.1. The molecule has 0 spiro atoms. The number of benzene rings is 1. The fourth-order valence-electron chi connectivity index (χ4n) is 3.50. The number of aliphatic hydroxyl groups is 2. The first-order valence-electron chi connectivity index (χ1n) is 8.56. The number of aliphatic hydroxyl groups excluding tert-OH is 2. The third kappa shape index (κ3) is 4.23. The van der Waals surface area contributed by atoms with Gasteiger partial charge in [0, 0.05) is 29.9 Å². The number of aromatic nitrogens is 2. The highest BCUT2D eigenvalue weighted by molar-refractivity contribution is 5.21. The van der Waals surface area contributed by atoms with Crippen molar-refractivity contribution in [2.45, 2.75) is 31.4 Å². The number of halogens is 2. The second-order valence-corrected chi connectivity index (χ2v) is 6.46. The van der Waals surface area contributed by atoms with Gasteiger partial charge in [-0.25, -0.2) is 8.78 Å². The fourth-order valence-corrected chi connectivity index (χ4v) is 3.50. The van der Waals surface area contributed by atoms with E-state index in [1.807, 2.05) is 10.7 Å². The number of piperidine rings is 1. The van der Waals surface area contributed by atoms with E-state index in [1.165, 1.54) is 0 Å². The van der Waals surface area contributed by atoms with Gasteiger partial charge in [-0.15, -0.1) is 0 Å². The topological polar surface area (TPSA) is 61.5 Å². The van der Waals surface area contributed by atoms with Crippen LogP contribution in [0.4, 0.5) is 8.78 Å². The highest BCUT2D eigenvalue weighted by Gasteiger charge is 2.25. The zero-order chi connectivity index (χ0) is 17.8. The molecule has 0 bridgehead atoms. The summed E-state index contributed by atoms with van der Waals surface area (Å²) in [7, 11) is 0. The van der Waals surface area contributed by atoms with Crippen molar-refractivity contribution in [3.05, 3.63) is 53.4 Å². The normalized spacial score (nSPS) is 17.8. The third-order valence-electron chi connectivity index (χ3n) is 4.82. The van der Waals surface area contributed by atoms with Crippen LogP contribution in [0, 0.1) is 11.6 Å². The SMILES string of the molecule is OCCn1nccc1C1CCN(CC(O)c2cc(F)ccc2F)CC1. The predicted molar refractivity (Wildman–Crippen MR) is 89.0 cm³/mol. The molecule has 0 saturated carbocycles. The van der Waals surface area contributed by atoms with Crippen molar-refractivity contribution in [2.75, 3.05) is 26.2 Å². The average molecular weight is 351 g/mol. The van der Waals surface area contributed by atoms with Gasteiger partial charge < -0.3 is 15.1 Å². The molecule has 5 nitrogen and oxygen atoms in total.